The van der Waals surface area contributed by atoms with Gasteiger partial charge >= 0.3 is 6.18 Å². The highest BCUT2D eigenvalue weighted by Gasteiger charge is 2.62. The number of carbonyl (C=O) groups is 4. The minimum absolute atomic E-state index is 0.0861. The van der Waals surface area contributed by atoms with Gasteiger partial charge in [-0.05, 0) is 55.4 Å². The summed E-state index contributed by atoms with van der Waals surface area (Å²) in [7, 11) is 0. The van der Waals surface area contributed by atoms with E-state index in [1.807, 2.05) is 30.3 Å². The second-order valence-electron chi connectivity index (χ2n) is 11.5. The Morgan fingerprint density at radius 3 is 2.20 bits per heavy atom. The molecule has 0 aromatic heterocycles. The van der Waals surface area contributed by atoms with Crippen LogP contribution in [0.4, 0.5) is 17.6 Å². The van der Waals surface area contributed by atoms with Crippen molar-refractivity contribution in [2.24, 2.45) is 11.3 Å². The summed E-state index contributed by atoms with van der Waals surface area (Å²) >= 11 is 0. The maximum atomic E-state index is 14.3. The topological polar surface area (TPSA) is 86.8 Å². The van der Waals surface area contributed by atoms with Crippen LogP contribution in [0.15, 0.2) is 48.5 Å². The molecule has 4 amide bonds. The highest BCUT2D eigenvalue weighted by Crippen LogP contribution is 2.53. The summed E-state index contributed by atoms with van der Waals surface area (Å²) in [6.07, 6.45) is -2.73. The Bertz CT molecular complexity index is 1370. The second-order valence-corrected chi connectivity index (χ2v) is 11.5. The summed E-state index contributed by atoms with van der Waals surface area (Å²) in [6, 6.07) is 9.47. The Morgan fingerprint density at radius 2 is 1.63 bits per heavy atom. The zero-order chi connectivity index (χ0) is 29.7. The lowest BCUT2D eigenvalue weighted by Gasteiger charge is -2.41. The van der Waals surface area contributed by atoms with E-state index in [2.05, 4.69) is 5.32 Å². The summed E-state index contributed by atoms with van der Waals surface area (Å²) in [5.74, 6) is -4.29. The Labute approximate surface area is 234 Å². The lowest BCUT2D eigenvalue weighted by molar-refractivity contribution is -0.146. The minimum Gasteiger partial charge on any atom is -0.341 e. The number of carbonyl (C=O) groups excluding carboxylic acids is 4. The SMILES string of the molecule is CC(C)[C@@H](NC(=O)c1cc(C(F)(F)F)ccc1F)C(=O)N1CCC2(CC1)C(=O)N(C1CC1)C(=O)C2c1ccccc1. The largest absolute Gasteiger partial charge is 0.416 e. The third-order valence-corrected chi connectivity index (χ3v) is 8.45. The van der Waals surface area contributed by atoms with Crippen LogP contribution in [-0.2, 0) is 20.6 Å². The molecule has 1 spiro atoms. The molecule has 11 heteroatoms. The van der Waals surface area contributed by atoms with E-state index in [9.17, 15) is 36.7 Å². The van der Waals surface area contributed by atoms with Gasteiger partial charge in [0.1, 0.15) is 11.9 Å². The van der Waals surface area contributed by atoms with Gasteiger partial charge < -0.3 is 10.2 Å². The highest BCUT2D eigenvalue weighted by molar-refractivity contribution is 6.10. The maximum absolute atomic E-state index is 14.3. The minimum atomic E-state index is -4.77. The molecule has 3 fully saturated rings. The number of hydrogen-bond acceptors (Lipinski definition) is 4. The van der Waals surface area contributed by atoms with E-state index in [0.29, 0.717) is 18.2 Å². The summed E-state index contributed by atoms with van der Waals surface area (Å²) in [5, 5.41) is 2.42. The van der Waals surface area contributed by atoms with Gasteiger partial charge in [0.25, 0.3) is 5.91 Å². The first-order valence-corrected chi connectivity index (χ1v) is 13.7. The third-order valence-electron chi connectivity index (χ3n) is 8.45. The number of alkyl halides is 3. The van der Waals surface area contributed by atoms with Crippen LogP contribution in [0.2, 0.25) is 0 Å². The molecule has 218 valence electrons. The van der Waals surface area contributed by atoms with Crippen LogP contribution in [0, 0.1) is 17.2 Å². The molecule has 2 aromatic carbocycles. The molecule has 1 saturated carbocycles. The van der Waals surface area contributed by atoms with Crippen molar-refractivity contribution in [3.05, 3.63) is 71.0 Å². The van der Waals surface area contributed by atoms with E-state index in [0.717, 1.165) is 18.4 Å². The van der Waals surface area contributed by atoms with Crippen LogP contribution in [0.3, 0.4) is 0 Å². The number of imide groups is 1. The molecule has 41 heavy (non-hydrogen) atoms. The van der Waals surface area contributed by atoms with Gasteiger partial charge in [0.05, 0.1) is 22.5 Å². The van der Waals surface area contributed by atoms with Crippen molar-refractivity contribution in [2.75, 3.05) is 13.1 Å². The number of benzene rings is 2. The van der Waals surface area contributed by atoms with Crippen molar-refractivity contribution in [1.29, 1.82) is 0 Å². The first kappa shape index (κ1) is 28.8. The molecule has 2 heterocycles. The molecule has 1 aliphatic carbocycles. The fourth-order valence-electron chi connectivity index (χ4n) is 6.06. The molecule has 7 nitrogen and oxygen atoms in total. The van der Waals surface area contributed by atoms with Crippen molar-refractivity contribution in [2.45, 2.75) is 63.7 Å². The number of nitrogens with one attached hydrogen (secondary N) is 1. The zero-order valence-corrected chi connectivity index (χ0v) is 22.7. The van der Waals surface area contributed by atoms with Crippen molar-refractivity contribution in [3.8, 4) is 0 Å². The lowest BCUT2D eigenvalue weighted by atomic mass is 9.67. The van der Waals surface area contributed by atoms with Crippen molar-refractivity contribution >= 4 is 23.6 Å². The predicted molar refractivity (Wildman–Crippen MR) is 140 cm³/mol. The normalized spacial score (nSPS) is 21.5. The number of halogens is 4. The third kappa shape index (κ3) is 5.22. The van der Waals surface area contributed by atoms with E-state index in [-0.39, 0.29) is 43.8 Å². The fourth-order valence-corrected chi connectivity index (χ4v) is 6.06. The van der Waals surface area contributed by atoms with Gasteiger partial charge in [-0.25, -0.2) is 4.39 Å². The number of piperidine rings is 1. The summed E-state index contributed by atoms with van der Waals surface area (Å²) in [6.45, 7) is 3.62. The monoisotopic (exact) mass is 573 g/mol. The molecule has 3 aliphatic rings. The smallest absolute Gasteiger partial charge is 0.341 e. The quantitative estimate of drug-likeness (QED) is 0.407. The molecular weight excluding hydrogens is 542 g/mol. The number of hydrogen-bond donors (Lipinski definition) is 1. The highest BCUT2D eigenvalue weighted by atomic mass is 19.4. The van der Waals surface area contributed by atoms with Crippen molar-refractivity contribution in [3.63, 3.8) is 0 Å². The predicted octanol–water partition coefficient (Wildman–Crippen LogP) is 4.52. The lowest BCUT2D eigenvalue weighted by Crippen LogP contribution is -2.55. The van der Waals surface area contributed by atoms with Crippen LogP contribution in [0.1, 0.15) is 66.9 Å². The molecule has 0 radical (unpaired) electrons. The van der Waals surface area contributed by atoms with Crippen LogP contribution < -0.4 is 5.32 Å². The standard InChI is InChI=1S/C30H31F4N3O4/c1-17(2)24(35-25(38)21-16-19(30(32,33)34)8-11-22(21)31)27(40)36-14-12-29(13-15-36)23(18-6-4-3-5-7-18)26(39)37(28(29)41)20-9-10-20/h3-8,11,16-17,20,23-24H,9-10,12-15H2,1-2H3,(H,35,38)/t23?,24-/m1/s1. The van der Waals surface area contributed by atoms with Gasteiger partial charge in [-0.15, -0.1) is 0 Å². The van der Waals surface area contributed by atoms with E-state index in [1.165, 1.54) is 9.80 Å². The number of rotatable bonds is 6. The van der Waals surface area contributed by atoms with Gasteiger partial charge in [0.15, 0.2) is 0 Å². The van der Waals surface area contributed by atoms with Crippen molar-refractivity contribution in [1.82, 2.24) is 15.1 Å². The average molecular weight is 574 g/mol. The van der Waals surface area contributed by atoms with Crippen molar-refractivity contribution < 1.29 is 36.7 Å². The van der Waals surface area contributed by atoms with E-state index >= 15 is 0 Å². The molecule has 5 rings (SSSR count). The van der Waals surface area contributed by atoms with Gasteiger partial charge in [-0.1, -0.05) is 44.2 Å². The molecule has 1 N–H and O–H groups in total. The molecule has 2 aromatic rings. The Balaban J connectivity index is 1.34. The molecule has 2 aliphatic heterocycles. The number of likely N-dealkylation sites (tertiary alicyclic amines) is 2. The number of amides is 4. The molecule has 2 atom stereocenters. The second kappa shape index (κ2) is 10.6. The molecule has 1 unspecified atom stereocenters. The number of nitrogens with zero attached hydrogens (tertiary/aromatic N) is 2. The summed E-state index contributed by atoms with van der Waals surface area (Å²) < 4.78 is 53.8. The molecule has 2 saturated heterocycles. The van der Waals surface area contributed by atoms with E-state index < -0.39 is 58.2 Å². The van der Waals surface area contributed by atoms with Gasteiger partial charge in [-0.3, -0.25) is 24.1 Å². The van der Waals surface area contributed by atoms with Crippen LogP contribution in [-0.4, -0.2) is 58.6 Å². The summed E-state index contributed by atoms with van der Waals surface area (Å²) in [4.78, 5) is 56.6. The first-order valence-electron chi connectivity index (χ1n) is 13.7. The van der Waals surface area contributed by atoms with Crippen LogP contribution in [0.25, 0.3) is 0 Å². The van der Waals surface area contributed by atoms with E-state index in [4.69, 9.17) is 0 Å². The van der Waals surface area contributed by atoms with Gasteiger partial charge in [0.2, 0.25) is 17.7 Å². The van der Waals surface area contributed by atoms with E-state index in [1.54, 1.807) is 13.8 Å². The Hall–Kier alpha value is -3.76. The summed E-state index contributed by atoms with van der Waals surface area (Å²) in [5.41, 5.74) is -2.22. The van der Waals surface area contributed by atoms with Crippen LogP contribution >= 0.6 is 0 Å². The van der Waals surface area contributed by atoms with Gasteiger partial charge in [0, 0.05) is 19.1 Å². The first-order chi connectivity index (χ1) is 19.3. The molecular formula is C30H31F4N3O4. The average Bonchev–Trinajstić information content (AvgIpc) is 3.74. The zero-order valence-electron chi connectivity index (χ0n) is 22.7. The van der Waals surface area contributed by atoms with Gasteiger partial charge in [-0.2, -0.15) is 13.2 Å². The molecule has 0 bridgehead atoms. The Kier molecular flexibility index (Phi) is 7.42. The maximum Gasteiger partial charge on any atom is 0.416 e. The fraction of sp³-hybridized carbons (Fsp3) is 0.467. The Morgan fingerprint density at radius 1 is 1.00 bits per heavy atom. The van der Waals surface area contributed by atoms with Crippen LogP contribution in [0.5, 0.6) is 0 Å².